The summed E-state index contributed by atoms with van der Waals surface area (Å²) < 4.78 is 0. The van der Waals surface area contributed by atoms with Crippen molar-refractivity contribution in [1.82, 2.24) is 15.2 Å². The molecular weight excluding hydrogens is 286 g/mol. The van der Waals surface area contributed by atoms with Crippen LogP contribution in [0.15, 0.2) is 48.7 Å². The number of carbonyl (C=O) groups excluding carboxylic acids is 1. The number of nitrogens with zero attached hydrogens (tertiary/aromatic N) is 2. The molecule has 2 heterocycles. The van der Waals surface area contributed by atoms with Crippen molar-refractivity contribution in [1.29, 1.82) is 0 Å². The molecule has 23 heavy (non-hydrogen) atoms. The topological polar surface area (TPSA) is 45.2 Å². The Kier molecular flexibility index (Phi) is 5.37. The van der Waals surface area contributed by atoms with Crippen LogP contribution in [-0.4, -0.2) is 35.4 Å². The lowest BCUT2D eigenvalue weighted by atomic mass is 10.00. The monoisotopic (exact) mass is 309 g/mol. The molecule has 0 saturated carbocycles. The van der Waals surface area contributed by atoms with Gasteiger partial charge < -0.3 is 5.32 Å². The molecule has 0 unspecified atom stereocenters. The fraction of sp³-hybridized carbons (Fsp3) is 0.368. The van der Waals surface area contributed by atoms with Gasteiger partial charge in [-0.1, -0.05) is 30.3 Å². The number of hydrogen-bond donors (Lipinski definition) is 1. The van der Waals surface area contributed by atoms with Crippen molar-refractivity contribution in [2.45, 2.75) is 25.8 Å². The van der Waals surface area contributed by atoms with Gasteiger partial charge in [0.1, 0.15) is 5.69 Å². The molecule has 1 aliphatic heterocycles. The molecule has 0 spiro atoms. The Labute approximate surface area is 137 Å². The van der Waals surface area contributed by atoms with Crippen LogP contribution in [0.4, 0.5) is 0 Å². The number of rotatable bonds is 6. The predicted octanol–water partition coefficient (Wildman–Crippen LogP) is 2.65. The third kappa shape index (κ3) is 4.39. The molecule has 1 aromatic heterocycles. The van der Waals surface area contributed by atoms with Crippen molar-refractivity contribution in [3.8, 4) is 0 Å². The van der Waals surface area contributed by atoms with Gasteiger partial charge in [0, 0.05) is 25.8 Å². The van der Waals surface area contributed by atoms with E-state index in [1.165, 1.54) is 11.1 Å². The van der Waals surface area contributed by atoms with Gasteiger partial charge in [-0.05, 0) is 49.1 Å². The minimum Gasteiger partial charge on any atom is -0.351 e. The smallest absolute Gasteiger partial charge is 0.269 e. The van der Waals surface area contributed by atoms with Crippen molar-refractivity contribution in [2.75, 3.05) is 19.6 Å². The molecule has 4 nitrogen and oxygen atoms in total. The maximum atomic E-state index is 11.9. The van der Waals surface area contributed by atoms with E-state index in [2.05, 4.69) is 39.5 Å². The first-order valence-electron chi connectivity index (χ1n) is 8.31. The second kappa shape index (κ2) is 7.88. The summed E-state index contributed by atoms with van der Waals surface area (Å²) in [6, 6.07) is 14.1. The highest BCUT2D eigenvalue weighted by Gasteiger charge is 2.14. The quantitative estimate of drug-likeness (QED) is 0.834. The van der Waals surface area contributed by atoms with Gasteiger partial charge in [-0.3, -0.25) is 14.7 Å². The van der Waals surface area contributed by atoms with Crippen LogP contribution in [0.1, 0.15) is 34.5 Å². The molecule has 0 saturated heterocycles. The summed E-state index contributed by atoms with van der Waals surface area (Å²) >= 11 is 0. The lowest BCUT2D eigenvalue weighted by molar-refractivity contribution is 0.0947. The van der Waals surface area contributed by atoms with Crippen molar-refractivity contribution in [3.05, 3.63) is 65.5 Å². The molecule has 0 atom stereocenters. The summed E-state index contributed by atoms with van der Waals surface area (Å²) in [5, 5.41) is 2.93. The number of unbranched alkanes of at least 4 members (excludes halogenated alkanes) is 1. The summed E-state index contributed by atoms with van der Waals surface area (Å²) in [6.07, 6.45) is 4.89. The van der Waals surface area contributed by atoms with E-state index in [1.807, 2.05) is 12.1 Å². The Balaban J connectivity index is 1.34. The van der Waals surface area contributed by atoms with Crippen molar-refractivity contribution < 1.29 is 4.79 Å². The van der Waals surface area contributed by atoms with E-state index in [9.17, 15) is 4.79 Å². The average molecular weight is 309 g/mol. The summed E-state index contributed by atoms with van der Waals surface area (Å²) in [5.74, 6) is -0.0856. The van der Waals surface area contributed by atoms with Gasteiger partial charge in [0.25, 0.3) is 5.91 Å². The van der Waals surface area contributed by atoms with E-state index in [0.717, 1.165) is 38.9 Å². The number of amides is 1. The first-order valence-corrected chi connectivity index (χ1v) is 8.31. The zero-order valence-corrected chi connectivity index (χ0v) is 13.4. The molecule has 1 aliphatic rings. The number of carbonyl (C=O) groups is 1. The average Bonchev–Trinajstić information content (AvgIpc) is 2.62. The predicted molar refractivity (Wildman–Crippen MR) is 91.2 cm³/mol. The molecule has 120 valence electrons. The molecule has 1 amide bonds. The van der Waals surface area contributed by atoms with Crippen LogP contribution in [-0.2, 0) is 13.0 Å². The van der Waals surface area contributed by atoms with Gasteiger partial charge in [-0.2, -0.15) is 0 Å². The highest BCUT2D eigenvalue weighted by atomic mass is 16.1. The van der Waals surface area contributed by atoms with Gasteiger partial charge in [-0.15, -0.1) is 0 Å². The number of hydrogen-bond acceptors (Lipinski definition) is 3. The molecule has 4 heteroatoms. The zero-order valence-electron chi connectivity index (χ0n) is 13.4. The van der Waals surface area contributed by atoms with Crippen LogP contribution in [0.25, 0.3) is 0 Å². The van der Waals surface area contributed by atoms with Crippen LogP contribution < -0.4 is 5.32 Å². The molecule has 1 aromatic carbocycles. The summed E-state index contributed by atoms with van der Waals surface area (Å²) in [4.78, 5) is 18.4. The molecular formula is C19H23N3O. The van der Waals surface area contributed by atoms with Crippen LogP contribution >= 0.6 is 0 Å². The minimum atomic E-state index is -0.0856. The normalized spacial score (nSPS) is 14.3. The highest BCUT2D eigenvalue weighted by molar-refractivity contribution is 5.92. The van der Waals surface area contributed by atoms with E-state index < -0.39 is 0 Å². The third-order valence-electron chi connectivity index (χ3n) is 4.29. The van der Waals surface area contributed by atoms with Crippen LogP contribution in [0.2, 0.25) is 0 Å². The van der Waals surface area contributed by atoms with E-state index in [0.29, 0.717) is 12.2 Å². The molecule has 2 aromatic rings. The van der Waals surface area contributed by atoms with Crippen LogP contribution in [0.5, 0.6) is 0 Å². The first-order chi connectivity index (χ1) is 11.3. The highest BCUT2D eigenvalue weighted by Crippen LogP contribution is 2.18. The standard InChI is InChI=1S/C19H23N3O/c23-19(18-9-3-4-11-20-18)21-12-5-6-13-22-14-10-16-7-1-2-8-17(16)15-22/h1-4,7-9,11H,5-6,10,12-15H2,(H,21,23). The third-order valence-corrected chi connectivity index (χ3v) is 4.29. The van der Waals surface area contributed by atoms with Gasteiger partial charge in [0.2, 0.25) is 0 Å². The molecule has 3 rings (SSSR count). The van der Waals surface area contributed by atoms with E-state index in [1.54, 1.807) is 12.3 Å². The SMILES string of the molecule is O=C(NCCCCN1CCc2ccccc2C1)c1ccccn1. The fourth-order valence-corrected chi connectivity index (χ4v) is 2.99. The van der Waals surface area contributed by atoms with E-state index in [4.69, 9.17) is 0 Å². The van der Waals surface area contributed by atoms with Crippen molar-refractivity contribution >= 4 is 5.91 Å². The maximum absolute atomic E-state index is 11.9. The largest absolute Gasteiger partial charge is 0.351 e. The Morgan fingerprint density at radius 2 is 1.91 bits per heavy atom. The van der Waals surface area contributed by atoms with Crippen molar-refractivity contribution in [3.63, 3.8) is 0 Å². The van der Waals surface area contributed by atoms with Gasteiger partial charge in [0.05, 0.1) is 0 Å². The van der Waals surface area contributed by atoms with Gasteiger partial charge in [0.15, 0.2) is 0 Å². The first kappa shape index (κ1) is 15.7. The lowest BCUT2D eigenvalue weighted by Crippen LogP contribution is -2.32. The number of fused-ring (bicyclic) bond motifs is 1. The number of pyridine rings is 1. The summed E-state index contributed by atoms with van der Waals surface area (Å²) in [5.41, 5.74) is 3.44. The molecule has 0 radical (unpaired) electrons. The zero-order chi connectivity index (χ0) is 15.9. The number of nitrogens with one attached hydrogen (secondary N) is 1. The molecule has 0 bridgehead atoms. The Bertz CT molecular complexity index is 642. The lowest BCUT2D eigenvalue weighted by Gasteiger charge is -2.28. The Morgan fingerprint density at radius 1 is 1.09 bits per heavy atom. The maximum Gasteiger partial charge on any atom is 0.269 e. The van der Waals surface area contributed by atoms with Crippen molar-refractivity contribution in [2.24, 2.45) is 0 Å². The van der Waals surface area contributed by atoms with Gasteiger partial charge >= 0.3 is 0 Å². The number of benzene rings is 1. The molecule has 0 fully saturated rings. The molecule has 0 aliphatic carbocycles. The van der Waals surface area contributed by atoms with Gasteiger partial charge in [-0.25, -0.2) is 0 Å². The molecule has 1 N–H and O–H groups in total. The Hall–Kier alpha value is -2.20. The van der Waals surface area contributed by atoms with Crippen LogP contribution in [0.3, 0.4) is 0 Å². The summed E-state index contributed by atoms with van der Waals surface area (Å²) in [6.45, 7) is 3.99. The second-order valence-corrected chi connectivity index (χ2v) is 5.97. The van der Waals surface area contributed by atoms with Crippen LogP contribution in [0, 0.1) is 0 Å². The second-order valence-electron chi connectivity index (χ2n) is 5.97. The number of aromatic nitrogens is 1. The summed E-state index contributed by atoms with van der Waals surface area (Å²) in [7, 11) is 0. The van der Waals surface area contributed by atoms with E-state index >= 15 is 0 Å². The Morgan fingerprint density at radius 3 is 2.74 bits per heavy atom. The fourth-order valence-electron chi connectivity index (χ4n) is 2.99. The minimum absolute atomic E-state index is 0.0856. The van der Waals surface area contributed by atoms with E-state index in [-0.39, 0.29) is 5.91 Å².